The molecular formula is C22H17ClN4O5S2. The first-order valence-electron chi connectivity index (χ1n) is 9.86. The average molecular weight is 517 g/mol. The maximum absolute atomic E-state index is 13.1. The lowest BCUT2D eigenvalue weighted by Gasteiger charge is -2.17. The molecular weight excluding hydrogens is 500 g/mol. The molecule has 0 fully saturated rings. The number of halogens is 1. The van der Waals surface area contributed by atoms with Crippen LogP contribution in [-0.4, -0.2) is 40.2 Å². The highest BCUT2D eigenvalue weighted by Gasteiger charge is 2.25. The fourth-order valence-electron chi connectivity index (χ4n) is 3.28. The van der Waals surface area contributed by atoms with Crippen LogP contribution in [-0.2, 0) is 21.2 Å². The third-order valence-corrected chi connectivity index (χ3v) is 7.07. The maximum atomic E-state index is 13.1. The highest BCUT2D eigenvalue weighted by molar-refractivity contribution is 7.93. The van der Waals surface area contributed by atoms with E-state index in [1.54, 1.807) is 36.4 Å². The van der Waals surface area contributed by atoms with Gasteiger partial charge in [0.15, 0.2) is 0 Å². The quantitative estimate of drug-likeness (QED) is 0.325. The Morgan fingerprint density at radius 2 is 1.79 bits per heavy atom. The molecule has 4 rings (SSSR count). The Morgan fingerprint density at radius 3 is 2.53 bits per heavy atom. The van der Waals surface area contributed by atoms with Crippen molar-refractivity contribution in [2.45, 2.75) is 17.4 Å². The Hall–Kier alpha value is -3.54. The number of rotatable bonds is 8. The summed E-state index contributed by atoms with van der Waals surface area (Å²) in [6.45, 7) is 0. The molecule has 4 aromatic rings. The van der Waals surface area contributed by atoms with Crippen LogP contribution < -0.4 is 10.0 Å². The summed E-state index contributed by atoms with van der Waals surface area (Å²) in [6.07, 6.45) is 0.0510. The summed E-state index contributed by atoms with van der Waals surface area (Å²) in [6, 6.07) is 16.1. The Morgan fingerprint density at radius 1 is 1.03 bits per heavy atom. The summed E-state index contributed by atoms with van der Waals surface area (Å²) in [4.78, 5) is 24.7. The number of carboxylic acid groups (broad SMARTS) is 1. The minimum Gasteiger partial charge on any atom is -0.480 e. The zero-order valence-electron chi connectivity index (χ0n) is 17.3. The van der Waals surface area contributed by atoms with Gasteiger partial charge in [-0.15, -0.1) is 0 Å². The first kappa shape index (κ1) is 23.6. The molecule has 0 unspecified atom stereocenters. The van der Waals surface area contributed by atoms with E-state index in [4.69, 9.17) is 11.6 Å². The van der Waals surface area contributed by atoms with Crippen molar-refractivity contribution in [1.29, 1.82) is 0 Å². The van der Waals surface area contributed by atoms with E-state index in [1.807, 2.05) is 0 Å². The molecule has 1 atom stereocenters. The standard InChI is InChI=1S/C22H17ClN4O5S2/c23-14-9-10-15(21(28)24-18(22(29)30)11-13-5-2-1-3-6-13)17(12-14)27-34(31,32)19-8-4-7-16-20(19)26-33-25-16/h1-10,12,18,27H,11H2,(H,24,28)(H,29,30)/t18-/m0/s1. The van der Waals surface area contributed by atoms with Crippen molar-refractivity contribution >= 4 is 61.9 Å². The number of carbonyl (C=O) groups is 2. The molecule has 34 heavy (non-hydrogen) atoms. The van der Waals surface area contributed by atoms with Gasteiger partial charge in [0.2, 0.25) is 0 Å². The van der Waals surface area contributed by atoms with Crippen LogP contribution in [0.5, 0.6) is 0 Å². The fourth-order valence-corrected chi connectivity index (χ4v) is 5.29. The van der Waals surface area contributed by atoms with Gasteiger partial charge in [-0.25, -0.2) is 13.2 Å². The number of sulfonamides is 1. The lowest BCUT2D eigenvalue weighted by molar-refractivity contribution is -0.139. The van der Waals surface area contributed by atoms with E-state index in [2.05, 4.69) is 18.8 Å². The number of carbonyl (C=O) groups excluding carboxylic acids is 1. The summed E-state index contributed by atoms with van der Waals surface area (Å²) in [5, 5.41) is 12.2. The van der Waals surface area contributed by atoms with Gasteiger partial charge in [-0.05, 0) is 35.9 Å². The second kappa shape index (κ2) is 9.75. The number of benzene rings is 3. The number of carboxylic acids is 1. The molecule has 174 valence electrons. The van der Waals surface area contributed by atoms with Gasteiger partial charge in [-0.2, -0.15) is 8.75 Å². The van der Waals surface area contributed by atoms with Crippen molar-refractivity contribution in [3.63, 3.8) is 0 Å². The molecule has 0 saturated heterocycles. The largest absolute Gasteiger partial charge is 0.480 e. The first-order chi connectivity index (χ1) is 16.2. The Bertz CT molecular complexity index is 1480. The Kier molecular flexibility index (Phi) is 6.77. The van der Waals surface area contributed by atoms with Gasteiger partial charge in [-0.1, -0.05) is 48.0 Å². The molecule has 0 spiro atoms. The van der Waals surface area contributed by atoms with Crippen molar-refractivity contribution in [3.05, 3.63) is 82.9 Å². The van der Waals surface area contributed by atoms with Gasteiger partial charge < -0.3 is 10.4 Å². The Labute approximate surface area is 203 Å². The van der Waals surface area contributed by atoms with Gasteiger partial charge in [0.1, 0.15) is 22.0 Å². The number of hydrogen-bond acceptors (Lipinski definition) is 7. The highest BCUT2D eigenvalue weighted by atomic mass is 35.5. The Balaban J connectivity index is 1.63. The monoisotopic (exact) mass is 516 g/mol. The van der Waals surface area contributed by atoms with Gasteiger partial charge in [0.25, 0.3) is 15.9 Å². The van der Waals surface area contributed by atoms with Crippen LogP contribution in [0.4, 0.5) is 5.69 Å². The molecule has 1 heterocycles. The topological polar surface area (TPSA) is 138 Å². The molecule has 0 aliphatic heterocycles. The second-order valence-electron chi connectivity index (χ2n) is 7.24. The van der Waals surface area contributed by atoms with Crippen molar-refractivity contribution in [2.24, 2.45) is 0 Å². The zero-order chi connectivity index (χ0) is 24.3. The van der Waals surface area contributed by atoms with Crippen LogP contribution in [0.3, 0.4) is 0 Å². The van der Waals surface area contributed by atoms with Crippen LogP contribution >= 0.6 is 23.3 Å². The number of aliphatic carboxylic acids is 1. The molecule has 0 bridgehead atoms. The van der Waals surface area contributed by atoms with Gasteiger partial charge in [0.05, 0.1) is 23.0 Å². The third-order valence-electron chi connectivity index (χ3n) is 4.90. The van der Waals surface area contributed by atoms with Crippen molar-refractivity contribution in [3.8, 4) is 0 Å². The van der Waals surface area contributed by atoms with Gasteiger partial charge in [-0.3, -0.25) is 9.52 Å². The normalized spacial score (nSPS) is 12.3. The predicted molar refractivity (Wildman–Crippen MR) is 129 cm³/mol. The smallest absolute Gasteiger partial charge is 0.326 e. The van der Waals surface area contributed by atoms with E-state index in [0.717, 1.165) is 17.3 Å². The van der Waals surface area contributed by atoms with E-state index < -0.39 is 27.9 Å². The summed E-state index contributed by atoms with van der Waals surface area (Å²) >= 11 is 6.93. The van der Waals surface area contributed by atoms with E-state index in [0.29, 0.717) is 5.52 Å². The molecule has 0 aliphatic rings. The summed E-state index contributed by atoms with van der Waals surface area (Å²) in [5.74, 6) is -2.00. The number of anilines is 1. The highest BCUT2D eigenvalue weighted by Crippen LogP contribution is 2.27. The van der Waals surface area contributed by atoms with Crippen LogP contribution in [0.15, 0.2) is 71.6 Å². The van der Waals surface area contributed by atoms with E-state index >= 15 is 0 Å². The molecule has 3 aromatic carbocycles. The third kappa shape index (κ3) is 5.16. The number of nitrogens with one attached hydrogen (secondary N) is 2. The average Bonchev–Trinajstić information content (AvgIpc) is 3.28. The summed E-state index contributed by atoms with van der Waals surface area (Å²) < 4.78 is 36.7. The minimum absolute atomic E-state index is 0.0510. The number of fused-ring (bicyclic) bond motifs is 1. The molecule has 0 radical (unpaired) electrons. The molecule has 0 saturated carbocycles. The molecule has 12 heteroatoms. The minimum atomic E-state index is -4.18. The van der Waals surface area contributed by atoms with Crippen molar-refractivity contribution < 1.29 is 23.1 Å². The van der Waals surface area contributed by atoms with Crippen LogP contribution in [0.1, 0.15) is 15.9 Å². The first-order valence-corrected chi connectivity index (χ1v) is 12.4. The van der Waals surface area contributed by atoms with Crippen molar-refractivity contribution in [2.75, 3.05) is 4.72 Å². The van der Waals surface area contributed by atoms with Crippen LogP contribution in [0.25, 0.3) is 11.0 Å². The SMILES string of the molecule is O=C(N[C@@H](Cc1ccccc1)C(=O)O)c1ccc(Cl)cc1NS(=O)(=O)c1cccc2nsnc12. The van der Waals surface area contributed by atoms with Crippen molar-refractivity contribution in [1.82, 2.24) is 14.1 Å². The van der Waals surface area contributed by atoms with E-state index in [-0.39, 0.29) is 33.1 Å². The number of aromatic nitrogens is 2. The lowest BCUT2D eigenvalue weighted by Crippen LogP contribution is -2.42. The summed E-state index contributed by atoms with van der Waals surface area (Å²) in [5.41, 5.74) is 1.14. The summed E-state index contributed by atoms with van der Waals surface area (Å²) in [7, 11) is -4.18. The van der Waals surface area contributed by atoms with Crippen LogP contribution in [0.2, 0.25) is 5.02 Å². The van der Waals surface area contributed by atoms with Gasteiger partial charge in [0, 0.05) is 11.4 Å². The fraction of sp³-hybridized carbons (Fsp3) is 0.0909. The van der Waals surface area contributed by atoms with Crippen LogP contribution in [0, 0.1) is 0 Å². The van der Waals surface area contributed by atoms with Gasteiger partial charge >= 0.3 is 5.97 Å². The second-order valence-corrected chi connectivity index (χ2v) is 9.85. The maximum Gasteiger partial charge on any atom is 0.326 e. The molecule has 0 aliphatic carbocycles. The van der Waals surface area contributed by atoms with E-state index in [9.17, 15) is 23.1 Å². The number of amides is 1. The molecule has 1 aromatic heterocycles. The number of hydrogen-bond donors (Lipinski definition) is 3. The molecule has 1 amide bonds. The number of nitrogens with zero attached hydrogens (tertiary/aromatic N) is 2. The molecule has 9 nitrogen and oxygen atoms in total. The zero-order valence-corrected chi connectivity index (χ0v) is 19.7. The predicted octanol–water partition coefficient (Wildman–Crippen LogP) is 3.57. The van der Waals surface area contributed by atoms with E-state index in [1.165, 1.54) is 30.3 Å². The lowest BCUT2D eigenvalue weighted by atomic mass is 10.1. The molecule has 3 N–H and O–H groups in total.